The Morgan fingerprint density at radius 3 is 2.36 bits per heavy atom. The van der Waals surface area contributed by atoms with Gasteiger partial charge in [0.05, 0.1) is 0 Å². The highest BCUT2D eigenvalue weighted by Gasteiger charge is 2.13. The number of Topliss-reactive ketones (excluding diaryl/α,β-unsaturated/α-hetero) is 1. The minimum absolute atomic E-state index is 0.438. The zero-order valence-corrected chi connectivity index (χ0v) is 8.72. The summed E-state index contributed by atoms with van der Waals surface area (Å²) in [6.07, 6.45) is 13.3. The van der Waals surface area contributed by atoms with Gasteiger partial charge >= 0.3 is 0 Å². The Balaban J connectivity index is 2.05. The van der Waals surface area contributed by atoms with Gasteiger partial charge in [0, 0.05) is 12.8 Å². The summed E-state index contributed by atoms with van der Waals surface area (Å²) < 4.78 is 0. The van der Waals surface area contributed by atoms with Gasteiger partial charge in [0.25, 0.3) is 0 Å². The van der Waals surface area contributed by atoms with E-state index in [1.165, 1.54) is 36.8 Å². The highest BCUT2D eigenvalue weighted by molar-refractivity contribution is 5.79. The molecule has 0 aromatic rings. The molecule has 0 heterocycles. The van der Waals surface area contributed by atoms with Gasteiger partial charge in [0.1, 0.15) is 5.78 Å². The zero-order valence-electron chi connectivity index (χ0n) is 8.72. The molecule has 1 heteroatoms. The molecule has 0 N–H and O–H groups in total. The van der Waals surface area contributed by atoms with Gasteiger partial charge in [-0.3, -0.25) is 4.79 Å². The molecule has 0 amide bonds. The Morgan fingerprint density at radius 1 is 0.786 bits per heavy atom. The van der Waals surface area contributed by atoms with Crippen LogP contribution in [-0.2, 0) is 4.79 Å². The van der Waals surface area contributed by atoms with Gasteiger partial charge in [0.2, 0.25) is 0 Å². The largest absolute Gasteiger partial charge is 0.300 e. The Labute approximate surface area is 85.9 Å². The topological polar surface area (TPSA) is 17.1 Å². The minimum Gasteiger partial charge on any atom is -0.300 e. The molecule has 76 valence electrons. The number of carbonyl (C=O) groups excluding carboxylic acids is 1. The lowest BCUT2D eigenvalue weighted by Gasteiger charge is -2.15. The van der Waals surface area contributed by atoms with E-state index in [-0.39, 0.29) is 0 Å². The summed E-state index contributed by atoms with van der Waals surface area (Å²) in [5.74, 6) is 0.438. The Kier molecular flexibility index (Phi) is 3.18. The van der Waals surface area contributed by atoms with Gasteiger partial charge in [-0.05, 0) is 49.7 Å². The number of rotatable bonds is 1. The maximum atomic E-state index is 11.3. The fraction of sp³-hybridized carbons (Fsp3) is 0.615. The number of allylic oxidation sites excluding steroid dienone is 4. The van der Waals surface area contributed by atoms with Gasteiger partial charge in [-0.2, -0.15) is 0 Å². The molecule has 0 aromatic carbocycles. The summed E-state index contributed by atoms with van der Waals surface area (Å²) in [6, 6.07) is 0. The van der Waals surface area contributed by atoms with Crippen molar-refractivity contribution in [3.8, 4) is 0 Å². The van der Waals surface area contributed by atoms with E-state index in [4.69, 9.17) is 0 Å². The average Bonchev–Trinajstić information content (AvgIpc) is 2.44. The van der Waals surface area contributed by atoms with E-state index < -0.39 is 0 Å². The van der Waals surface area contributed by atoms with Gasteiger partial charge in [-0.1, -0.05) is 12.2 Å². The third kappa shape index (κ3) is 2.34. The molecule has 0 saturated carbocycles. The minimum atomic E-state index is 0.438. The number of carbonyl (C=O) groups is 1. The van der Waals surface area contributed by atoms with Crippen LogP contribution in [0, 0.1) is 0 Å². The van der Waals surface area contributed by atoms with Crippen LogP contribution in [0.15, 0.2) is 23.3 Å². The van der Waals surface area contributed by atoms with Crippen LogP contribution in [0.1, 0.15) is 51.4 Å². The fourth-order valence-corrected chi connectivity index (χ4v) is 2.33. The fourth-order valence-electron chi connectivity index (χ4n) is 2.33. The molecule has 0 radical (unpaired) electrons. The van der Waals surface area contributed by atoms with E-state index in [0.29, 0.717) is 5.78 Å². The molecule has 2 rings (SSSR count). The van der Waals surface area contributed by atoms with Crippen molar-refractivity contribution in [2.75, 3.05) is 0 Å². The average molecular weight is 190 g/mol. The van der Waals surface area contributed by atoms with Crippen molar-refractivity contribution in [3.63, 3.8) is 0 Å². The number of hydrogen-bond donors (Lipinski definition) is 0. The van der Waals surface area contributed by atoms with Crippen LogP contribution in [0.5, 0.6) is 0 Å². The predicted octanol–water partition coefficient (Wildman–Crippen LogP) is 3.56. The van der Waals surface area contributed by atoms with E-state index in [9.17, 15) is 4.79 Å². The Bertz CT molecular complexity index is 284. The van der Waals surface area contributed by atoms with E-state index in [1.807, 2.05) is 0 Å². The molecule has 1 nitrogen and oxygen atoms in total. The Hall–Kier alpha value is -0.850. The molecule has 0 atom stereocenters. The first-order chi connectivity index (χ1) is 6.86. The third-order valence-electron chi connectivity index (χ3n) is 3.19. The van der Waals surface area contributed by atoms with Crippen LogP contribution < -0.4 is 0 Å². The maximum absolute atomic E-state index is 11.3. The molecular weight excluding hydrogens is 172 g/mol. The second kappa shape index (κ2) is 4.59. The smallest absolute Gasteiger partial charge is 0.133 e. The molecule has 0 saturated heterocycles. The van der Waals surface area contributed by atoms with Crippen molar-refractivity contribution in [1.29, 1.82) is 0 Å². The van der Waals surface area contributed by atoms with Crippen molar-refractivity contribution in [1.82, 2.24) is 0 Å². The van der Waals surface area contributed by atoms with Crippen molar-refractivity contribution >= 4 is 5.78 Å². The third-order valence-corrected chi connectivity index (χ3v) is 3.19. The standard InChI is InChI=1S/C13H18O/c14-13-8-4-7-12(9-10-13)11-5-2-1-3-6-11/h5,7H,1-4,6,8-10H2. The summed E-state index contributed by atoms with van der Waals surface area (Å²) in [7, 11) is 0. The molecule has 2 aliphatic carbocycles. The molecule has 0 fully saturated rings. The van der Waals surface area contributed by atoms with Crippen LogP contribution in [0.25, 0.3) is 0 Å². The van der Waals surface area contributed by atoms with Crippen LogP contribution in [0.2, 0.25) is 0 Å². The predicted molar refractivity (Wildman–Crippen MR) is 58.1 cm³/mol. The molecule has 14 heavy (non-hydrogen) atoms. The monoisotopic (exact) mass is 190 g/mol. The molecular formula is C13H18O. The summed E-state index contributed by atoms with van der Waals surface area (Å²) in [4.78, 5) is 11.3. The van der Waals surface area contributed by atoms with Crippen molar-refractivity contribution in [3.05, 3.63) is 23.3 Å². The second-order valence-corrected chi connectivity index (χ2v) is 4.28. The van der Waals surface area contributed by atoms with Gasteiger partial charge in [0.15, 0.2) is 0 Å². The van der Waals surface area contributed by atoms with Crippen LogP contribution >= 0.6 is 0 Å². The lowest BCUT2D eigenvalue weighted by Crippen LogP contribution is -1.97. The van der Waals surface area contributed by atoms with Crippen LogP contribution in [0.4, 0.5) is 0 Å². The Morgan fingerprint density at radius 2 is 1.57 bits per heavy atom. The number of hydrogen-bond acceptors (Lipinski definition) is 1. The molecule has 0 unspecified atom stereocenters. The van der Waals surface area contributed by atoms with Gasteiger partial charge < -0.3 is 0 Å². The maximum Gasteiger partial charge on any atom is 0.133 e. The van der Waals surface area contributed by atoms with Crippen molar-refractivity contribution < 1.29 is 4.79 Å². The first-order valence-electron chi connectivity index (χ1n) is 5.76. The summed E-state index contributed by atoms with van der Waals surface area (Å²) in [6.45, 7) is 0. The highest BCUT2D eigenvalue weighted by Crippen LogP contribution is 2.29. The zero-order chi connectivity index (χ0) is 9.80. The highest BCUT2D eigenvalue weighted by atomic mass is 16.1. The van der Waals surface area contributed by atoms with Gasteiger partial charge in [-0.15, -0.1) is 0 Å². The van der Waals surface area contributed by atoms with Crippen LogP contribution in [0.3, 0.4) is 0 Å². The second-order valence-electron chi connectivity index (χ2n) is 4.28. The molecule has 0 bridgehead atoms. The first-order valence-corrected chi connectivity index (χ1v) is 5.76. The molecule has 2 aliphatic rings. The van der Waals surface area contributed by atoms with E-state index >= 15 is 0 Å². The molecule has 0 spiro atoms. The lowest BCUT2D eigenvalue weighted by molar-refractivity contribution is -0.118. The normalized spacial score (nSPS) is 23.9. The number of ketones is 1. The summed E-state index contributed by atoms with van der Waals surface area (Å²) in [5.41, 5.74) is 3.00. The summed E-state index contributed by atoms with van der Waals surface area (Å²) in [5, 5.41) is 0. The first kappa shape index (κ1) is 9.70. The van der Waals surface area contributed by atoms with E-state index in [0.717, 1.165) is 25.7 Å². The van der Waals surface area contributed by atoms with Gasteiger partial charge in [-0.25, -0.2) is 0 Å². The SMILES string of the molecule is O=C1CCC=C(C2=CCCCC2)CC1. The van der Waals surface area contributed by atoms with E-state index in [2.05, 4.69) is 12.2 Å². The van der Waals surface area contributed by atoms with Crippen molar-refractivity contribution in [2.24, 2.45) is 0 Å². The summed E-state index contributed by atoms with van der Waals surface area (Å²) >= 11 is 0. The lowest BCUT2D eigenvalue weighted by atomic mass is 9.91. The quantitative estimate of drug-likeness (QED) is 0.618. The molecule has 0 aromatic heterocycles. The van der Waals surface area contributed by atoms with E-state index in [1.54, 1.807) is 0 Å². The molecule has 0 aliphatic heterocycles. The van der Waals surface area contributed by atoms with Crippen LogP contribution in [-0.4, -0.2) is 5.78 Å². The van der Waals surface area contributed by atoms with Crippen molar-refractivity contribution in [2.45, 2.75) is 51.4 Å².